The minimum atomic E-state index is -0.681. The summed E-state index contributed by atoms with van der Waals surface area (Å²) in [5.74, 6) is 0.538. The Morgan fingerprint density at radius 2 is 1.96 bits per heavy atom. The van der Waals surface area contributed by atoms with E-state index in [0.717, 1.165) is 12.8 Å². The molecule has 0 fully saturated rings. The molecule has 2 N–H and O–H groups in total. The summed E-state index contributed by atoms with van der Waals surface area (Å²) >= 11 is 0. The Bertz CT molecular complexity index is 699. The molecule has 1 aromatic carbocycles. The van der Waals surface area contributed by atoms with Gasteiger partial charge in [-0.25, -0.2) is 9.59 Å². The van der Waals surface area contributed by atoms with Crippen LogP contribution >= 0.6 is 0 Å². The smallest absolute Gasteiger partial charge is 0.338 e. The highest BCUT2D eigenvalue weighted by molar-refractivity contribution is 5.95. The molecule has 1 aromatic rings. The van der Waals surface area contributed by atoms with E-state index < -0.39 is 12.0 Å². The van der Waals surface area contributed by atoms with E-state index in [1.165, 1.54) is 14.2 Å². The van der Waals surface area contributed by atoms with E-state index in [-0.39, 0.29) is 12.6 Å². The molecule has 0 bridgehead atoms. The third-order valence-corrected chi connectivity index (χ3v) is 4.17. The zero-order valence-corrected chi connectivity index (χ0v) is 15.7. The largest absolute Gasteiger partial charge is 0.493 e. The van der Waals surface area contributed by atoms with Crippen molar-refractivity contribution in [2.75, 3.05) is 20.8 Å². The first-order valence-corrected chi connectivity index (χ1v) is 8.75. The fourth-order valence-corrected chi connectivity index (χ4v) is 2.99. The Balaban J connectivity index is 2.59. The molecule has 1 aliphatic heterocycles. The van der Waals surface area contributed by atoms with Gasteiger partial charge in [0.2, 0.25) is 0 Å². The van der Waals surface area contributed by atoms with Crippen LogP contribution in [0.2, 0.25) is 0 Å². The first-order chi connectivity index (χ1) is 12.6. The average molecular weight is 362 g/mol. The second-order valence-corrected chi connectivity index (χ2v) is 5.83. The molecule has 26 heavy (non-hydrogen) atoms. The lowest BCUT2D eigenvalue weighted by Crippen LogP contribution is -2.46. The summed E-state index contributed by atoms with van der Waals surface area (Å²) in [4.78, 5) is 24.9. The third-order valence-electron chi connectivity index (χ3n) is 4.17. The molecule has 142 valence electrons. The number of carbonyl (C=O) groups is 2. The summed E-state index contributed by atoms with van der Waals surface area (Å²) in [6, 6.07) is 4.31. The monoisotopic (exact) mass is 362 g/mol. The third kappa shape index (κ3) is 4.09. The number of hydrogen-bond acceptors (Lipinski definition) is 5. The van der Waals surface area contributed by atoms with Crippen molar-refractivity contribution >= 4 is 12.0 Å². The molecule has 1 aliphatic rings. The van der Waals surface area contributed by atoms with Gasteiger partial charge in [-0.15, -0.1) is 0 Å². The van der Waals surface area contributed by atoms with Gasteiger partial charge in [-0.3, -0.25) is 0 Å². The van der Waals surface area contributed by atoms with E-state index in [9.17, 15) is 9.59 Å². The van der Waals surface area contributed by atoms with Gasteiger partial charge < -0.3 is 24.8 Å². The van der Waals surface area contributed by atoms with Crippen molar-refractivity contribution < 1.29 is 23.8 Å². The molecule has 0 radical (unpaired) electrons. The molecule has 0 spiro atoms. The Labute approximate surface area is 153 Å². The molecule has 0 aliphatic carbocycles. The van der Waals surface area contributed by atoms with Gasteiger partial charge in [0, 0.05) is 11.3 Å². The Morgan fingerprint density at radius 1 is 1.19 bits per heavy atom. The van der Waals surface area contributed by atoms with Crippen LogP contribution in [-0.4, -0.2) is 32.8 Å². The second-order valence-electron chi connectivity index (χ2n) is 5.83. The highest BCUT2D eigenvalue weighted by Crippen LogP contribution is 2.39. The second kappa shape index (κ2) is 9.12. The minimum absolute atomic E-state index is 0.249. The molecular formula is C19H26N2O5. The van der Waals surface area contributed by atoms with Crippen molar-refractivity contribution in [3.05, 3.63) is 35.0 Å². The average Bonchev–Trinajstić information content (AvgIpc) is 2.65. The van der Waals surface area contributed by atoms with Gasteiger partial charge in [0.1, 0.15) is 0 Å². The van der Waals surface area contributed by atoms with Gasteiger partial charge in [0.15, 0.2) is 11.5 Å². The lowest BCUT2D eigenvalue weighted by molar-refractivity contribution is -0.139. The topological polar surface area (TPSA) is 85.9 Å². The fraction of sp³-hybridized carbons (Fsp3) is 0.474. The van der Waals surface area contributed by atoms with E-state index in [1.807, 2.05) is 0 Å². The van der Waals surface area contributed by atoms with Gasteiger partial charge in [-0.1, -0.05) is 25.5 Å². The number of nitrogens with one attached hydrogen (secondary N) is 2. The van der Waals surface area contributed by atoms with E-state index in [1.54, 1.807) is 25.1 Å². The standard InChI is InChI=1S/C19H26N2O5/c1-5-7-10-13-15(18(22)26-6-2)16(21-19(23)20-13)12-9-8-11-14(24-3)17(12)25-4/h8-9,11,16H,5-7,10H2,1-4H3,(H2,20,21,23). The maximum absolute atomic E-state index is 12.7. The van der Waals surface area contributed by atoms with Crippen LogP contribution in [0, 0.1) is 0 Å². The molecule has 1 heterocycles. The molecule has 7 nitrogen and oxygen atoms in total. The number of amides is 2. The molecule has 0 saturated heterocycles. The zero-order valence-electron chi connectivity index (χ0n) is 15.7. The number of rotatable bonds is 8. The summed E-state index contributed by atoms with van der Waals surface area (Å²) in [6.45, 7) is 4.05. The maximum atomic E-state index is 12.7. The van der Waals surface area contributed by atoms with E-state index in [0.29, 0.717) is 34.8 Å². The normalized spacial score (nSPS) is 16.6. The Kier molecular flexibility index (Phi) is 6.89. The van der Waals surface area contributed by atoms with Gasteiger partial charge in [-0.05, 0) is 25.8 Å². The van der Waals surface area contributed by atoms with Crippen LogP contribution in [0.25, 0.3) is 0 Å². The van der Waals surface area contributed by atoms with Gasteiger partial charge >= 0.3 is 12.0 Å². The molecule has 0 aromatic heterocycles. The predicted molar refractivity (Wildman–Crippen MR) is 97.1 cm³/mol. The number of para-hydroxylation sites is 1. The number of ether oxygens (including phenoxy) is 3. The summed E-state index contributed by atoms with van der Waals surface area (Å²) < 4.78 is 16.1. The first kappa shape index (κ1) is 19.6. The van der Waals surface area contributed by atoms with Gasteiger partial charge in [-0.2, -0.15) is 0 Å². The Hall–Kier alpha value is -2.70. The summed E-state index contributed by atoms with van der Waals surface area (Å²) in [6.07, 6.45) is 2.37. The summed E-state index contributed by atoms with van der Waals surface area (Å²) in [5, 5.41) is 5.57. The van der Waals surface area contributed by atoms with Crippen molar-refractivity contribution in [2.24, 2.45) is 0 Å². The maximum Gasteiger partial charge on any atom is 0.338 e. The van der Waals surface area contributed by atoms with Gasteiger partial charge in [0.05, 0.1) is 32.4 Å². The summed E-state index contributed by atoms with van der Waals surface area (Å²) in [5.41, 5.74) is 1.62. The number of unbranched alkanes of at least 4 members (excludes halogenated alkanes) is 1. The summed E-state index contributed by atoms with van der Waals surface area (Å²) in [7, 11) is 3.06. The molecule has 1 unspecified atom stereocenters. The number of hydrogen-bond donors (Lipinski definition) is 2. The fourth-order valence-electron chi connectivity index (χ4n) is 2.99. The Morgan fingerprint density at radius 3 is 2.58 bits per heavy atom. The van der Waals surface area contributed by atoms with Crippen LogP contribution in [-0.2, 0) is 9.53 Å². The molecule has 0 saturated carbocycles. The quantitative estimate of drug-likeness (QED) is 0.694. The highest BCUT2D eigenvalue weighted by Gasteiger charge is 2.35. The van der Waals surface area contributed by atoms with Crippen LogP contribution in [0.5, 0.6) is 11.5 Å². The van der Waals surface area contributed by atoms with E-state index in [4.69, 9.17) is 14.2 Å². The first-order valence-electron chi connectivity index (χ1n) is 8.75. The molecule has 2 amide bonds. The predicted octanol–water partition coefficient (Wildman–Crippen LogP) is 3.07. The van der Waals surface area contributed by atoms with Gasteiger partial charge in [0.25, 0.3) is 0 Å². The molecular weight excluding hydrogens is 336 g/mol. The van der Waals surface area contributed by atoms with Crippen molar-refractivity contribution in [1.82, 2.24) is 10.6 Å². The van der Waals surface area contributed by atoms with E-state index in [2.05, 4.69) is 17.6 Å². The SMILES string of the molecule is CCCCC1=C(C(=O)OCC)C(c2cccc(OC)c2OC)NC(=O)N1. The van der Waals surface area contributed by atoms with Crippen molar-refractivity contribution in [2.45, 2.75) is 39.2 Å². The number of benzene rings is 1. The number of carbonyl (C=O) groups excluding carboxylic acids is 2. The number of allylic oxidation sites excluding steroid dienone is 1. The lowest BCUT2D eigenvalue weighted by Gasteiger charge is -2.30. The van der Waals surface area contributed by atoms with Crippen LogP contribution in [0.15, 0.2) is 29.5 Å². The van der Waals surface area contributed by atoms with Crippen LogP contribution in [0.3, 0.4) is 0 Å². The van der Waals surface area contributed by atoms with Crippen molar-refractivity contribution in [1.29, 1.82) is 0 Å². The van der Waals surface area contributed by atoms with Crippen molar-refractivity contribution in [3.63, 3.8) is 0 Å². The highest BCUT2D eigenvalue weighted by atomic mass is 16.5. The number of urea groups is 1. The van der Waals surface area contributed by atoms with Crippen molar-refractivity contribution in [3.8, 4) is 11.5 Å². The number of esters is 1. The lowest BCUT2D eigenvalue weighted by atomic mass is 9.92. The van der Waals surface area contributed by atoms with Crippen LogP contribution in [0.1, 0.15) is 44.7 Å². The minimum Gasteiger partial charge on any atom is -0.493 e. The van der Waals surface area contributed by atoms with E-state index >= 15 is 0 Å². The van der Waals surface area contributed by atoms with Crippen LogP contribution < -0.4 is 20.1 Å². The van der Waals surface area contributed by atoms with Crippen LogP contribution in [0.4, 0.5) is 4.79 Å². The molecule has 1 atom stereocenters. The molecule has 2 rings (SSSR count). The number of methoxy groups -OCH3 is 2. The zero-order chi connectivity index (χ0) is 19.1. The molecule has 7 heteroatoms.